The fourth-order valence-corrected chi connectivity index (χ4v) is 5.14. The first-order chi connectivity index (χ1) is 16.7. The van der Waals surface area contributed by atoms with Gasteiger partial charge in [-0.3, -0.25) is 9.59 Å². The summed E-state index contributed by atoms with van der Waals surface area (Å²) in [5.41, 5.74) is 0.928. The van der Waals surface area contributed by atoms with Gasteiger partial charge in [0, 0.05) is 24.7 Å². The maximum absolute atomic E-state index is 12.8. The molecule has 0 radical (unpaired) electrons. The van der Waals surface area contributed by atoms with E-state index >= 15 is 0 Å². The minimum absolute atomic E-state index is 0.0734. The molecule has 6 nitrogen and oxygen atoms in total. The highest BCUT2D eigenvalue weighted by Crippen LogP contribution is 2.27. The van der Waals surface area contributed by atoms with Crippen molar-refractivity contribution in [3.8, 4) is 0 Å². The molecule has 0 unspecified atom stereocenters. The Morgan fingerprint density at radius 3 is 2.54 bits per heavy atom. The molecule has 0 aliphatic carbocycles. The monoisotopic (exact) mass is 490 g/mol. The fourth-order valence-electron chi connectivity index (χ4n) is 5.14. The topological polar surface area (TPSA) is 78.9 Å². The van der Waals surface area contributed by atoms with Crippen molar-refractivity contribution in [3.05, 3.63) is 23.8 Å². The zero-order valence-corrected chi connectivity index (χ0v) is 22.4. The first-order valence-corrected chi connectivity index (χ1v) is 13.5. The van der Waals surface area contributed by atoms with Crippen LogP contribution in [-0.2, 0) is 28.6 Å². The van der Waals surface area contributed by atoms with Crippen LogP contribution in [0.3, 0.4) is 0 Å². The zero-order valence-electron chi connectivity index (χ0n) is 22.4. The van der Waals surface area contributed by atoms with E-state index in [-0.39, 0.29) is 53.9 Å². The fraction of sp³-hybridized carbons (Fsp3) is 0.759. The van der Waals surface area contributed by atoms with Crippen LogP contribution in [0.15, 0.2) is 23.8 Å². The Morgan fingerprint density at radius 2 is 1.86 bits per heavy atom. The van der Waals surface area contributed by atoms with Gasteiger partial charge >= 0.3 is 5.97 Å². The molecule has 2 rings (SSSR count). The van der Waals surface area contributed by atoms with E-state index in [0.717, 1.165) is 37.5 Å². The van der Waals surface area contributed by atoms with Gasteiger partial charge < -0.3 is 19.0 Å². The summed E-state index contributed by atoms with van der Waals surface area (Å²) < 4.78 is 18.0. The summed E-state index contributed by atoms with van der Waals surface area (Å²) >= 11 is 0. The third kappa shape index (κ3) is 10.8. The summed E-state index contributed by atoms with van der Waals surface area (Å²) in [4.78, 5) is 36.7. The highest BCUT2D eigenvalue weighted by molar-refractivity contribution is 5.91. The van der Waals surface area contributed by atoms with Crippen LogP contribution in [0, 0.1) is 23.7 Å². The van der Waals surface area contributed by atoms with E-state index in [9.17, 15) is 14.4 Å². The van der Waals surface area contributed by atoms with Gasteiger partial charge in [0.25, 0.3) is 0 Å². The second-order valence-corrected chi connectivity index (χ2v) is 10.7. The Kier molecular flexibility index (Phi) is 12.9. The van der Waals surface area contributed by atoms with Crippen LogP contribution in [0.1, 0.15) is 92.4 Å². The summed E-state index contributed by atoms with van der Waals surface area (Å²) in [6.45, 7) is 10.5. The van der Waals surface area contributed by atoms with Crippen LogP contribution in [0.25, 0.3) is 0 Å². The van der Waals surface area contributed by atoms with Gasteiger partial charge in [0.05, 0.1) is 12.7 Å². The van der Waals surface area contributed by atoms with E-state index in [4.69, 9.17) is 14.2 Å². The molecule has 2 aliphatic heterocycles. The number of esters is 1. The average Bonchev–Trinajstić information content (AvgIpc) is 2.82. The molecule has 0 aromatic rings. The Balaban J connectivity index is 2.22. The molecule has 1 saturated heterocycles. The lowest BCUT2D eigenvalue weighted by Crippen LogP contribution is -2.33. The van der Waals surface area contributed by atoms with Crippen LogP contribution in [0.2, 0.25) is 0 Å². The number of ketones is 1. The molecule has 35 heavy (non-hydrogen) atoms. The van der Waals surface area contributed by atoms with Gasteiger partial charge in [-0.2, -0.15) is 0 Å². The Labute approximate surface area is 211 Å². The highest BCUT2D eigenvalue weighted by Gasteiger charge is 2.27. The van der Waals surface area contributed by atoms with Crippen molar-refractivity contribution in [3.63, 3.8) is 0 Å². The number of hydrogen-bond acceptors (Lipinski definition) is 6. The predicted molar refractivity (Wildman–Crippen MR) is 137 cm³/mol. The molecule has 0 N–H and O–H groups in total. The molecule has 6 heteroatoms. The normalized spacial score (nSPS) is 36.6. The lowest BCUT2D eigenvalue weighted by molar-refractivity contribution is -0.197. The lowest BCUT2D eigenvalue weighted by Gasteiger charge is -2.30. The Bertz CT molecular complexity index is 741. The van der Waals surface area contributed by atoms with E-state index in [1.807, 2.05) is 32.9 Å². The minimum Gasteiger partial charge on any atom is -0.462 e. The number of aldehydes is 1. The summed E-state index contributed by atoms with van der Waals surface area (Å²) in [7, 11) is 0. The maximum atomic E-state index is 12.8. The first kappa shape index (κ1) is 29.4. The van der Waals surface area contributed by atoms with Gasteiger partial charge in [-0.25, -0.2) is 0 Å². The molecular weight excluding hydrogens is 444 g/mol. The van der Waals surface area contributed by atoms with Crippen molar-refractivity contribution >= 4 is 18.0 Å². The van der Waals surface area contributed by atoms with Crippen molar-refractivity contribution in [2.24, 2.45) is 23.7 Å². The number of cyclic esters (lactones) is 1. The number of allylic oxidation sites excluding steroid dienone is 3. The number of hydrogen-bond donors (Lipinski definition) is 0. The summed E-state index contributed by atoms with van der Waals surface area (Å²) in [5.74, 6) is 0.00561. The molecule has 0 saturated carbocycles. The highest BCUT2D eigenvalue weighted by atomic mass is 16.7. The van der Waals surface area contributed by atoms with Crippen molar-refractivity contribution in [2.45, 2.75) is 111 Å². The molecule has 1 fully saturated rings. The van der Waals surface area contributed by atoms with E-state index in [2.05, 4.69) is 13.8 Å². The number of carbonyl (C=O) groups is 3. The van der Waals surface area contributed by atoms with Gasteiger partial charge in [-0.1, -0.05) is 38.5 Å². The van der Waals surface area contributed by atoms with E-state index in [0.29, 0.717) is 38.7 Å². The molecule has 2 aliphatic rings. The summed E-state index contributed by atoms with van der Waals surface area (Å²) in [6.07, 6.45) is 12.7. The SMILES string of the molecule is CC[C@H]1OC(=O)CC[C@H](C)C[C@@H](CC=O)C[C@@H](C)C(=O)/C=C/C(C)=C/[C@@H]1CO[C@H]1CCC[C@@H](C)O1. The lowest BCUT2D eigenvalue weighted by atomic mass is 9.83. The van der Waals surface area contributed by atoms with Gasteiger partial charge in [0.1, 0.15) is 12.4 Å². The van der Waals surface area contributed by atoms with E-state index < -0.39 is 0 Å². The van der Waals surface area contributed by atoms with Crippen LogP contribution in [0.5, 0.6) is 0 Å². The maximum Gasteiger partial charge on any atom is 0.306 e. The minimum atomic E-state index is -0.312. The smallest absolute Gasteiger partial charge is 0.306 e. The summed E-state index contributed by atoms with van der Waals surface area (Å²) in [6, 6.07) is 0. The van der Waals surface area contributed by atoms with Gasteiger partial charge in [-0.15, -0.1) is 0 Å². The number of carbonyl (C=O) groups excluding carboxylic acids is 3. The van der Waals surface area contributed by atoms with Crippen molar-refractivity contribution < 1.29 is 28.6 Å². The largest absolute Gasteiger partial charge is 0.462 e. The molecule has 7 atom stereocenters. The van der Waals surface area contributed by atoms with Gasteiger partial charge in [0.2, 0.25) is 0 Å². The second kappa shape index (κ2) is 15.4. The van der Waals surface area contributed by atoms with Gasteiger partial charge in [0.15, 0.2) is 12.1 Å². The number of rotatable bonds is 6. The van der Waals surface area contributed by atoms with Crippen molar-refractivity contribution in [1.29, 1.82) is 0 Å². The van der Waals surface area contributed by atoms with Crippen LogP contribution in [-0.4, -0.2) is 43.1 Å². The first-order valence-electron chi connectivity index (χ1n) is 13.5. The number of ether oxygens (including phenoxy) is 3. The van der Waals surface area contributed by atoms with Crippen LogP contribution in [0.4, 0.5) is 0 Å². The third-order valence-electron chi connectivity index (χ3n) is 7.24. The second-order valence-electron chi connectivity index (χ2n) is 10.7. The van der Waals surface area contributed by atoms with Gasteiger partial charge in [-0.05, 0) is 76.7 Å². The van der Waals surface area contributed by atoms with E-state index in [1.165, 1.54) is 0 Å². The quantitative estimate of drug-likeness (QED) is 0.337. The standard InChI is InChI=1S/C29H46O6/c1-6-27-25(19-33-29-9-7-8-23(5)34-29)17-21(3)10-12-26(31)22(4)18-24(14-15-30)16-20(2)11-13-28(32)35-27/h10,12,15,17,20,22-25,27,29H,6-9,11,13-14,16,18-19H2,1-5H3/b12-10+,21-17+/t20-,22+,23+,24+,25+,27+,29+/m0/s1. The van der Waals surface area contributed by atoms with Crippen molar-refractivity contribution in [1.82, 2.24) is 0 Å². The molecule has 0 bridgehead atoms. The van der Waals surface area contributed by atoms with Crippen molar-refractivity contribution in [2.75, 3.05) is 6.61 Å². The molecule has 2 heterocycles. The third-order valence-corrected chi connectivity index (χ3v) is 7.24. The summed E-state index contributed by atoms with van der Waals surface area (Å²) in [5, 5.41) is 0. The van der Waals surface area contributed by atoms with Crippen LogP contribution < -0.4 is 0 Å². The molecule has 0 aromatic carbocycles. The molecule has 0 spiro atoms. The average molecular weight is 491 g/mol. The zero-order chi connectivity index (χ0) is 25.8. The Hall–Kier alpha value is -1.79. The molecular formula is C29H46O6. The Morgan fingerprint density at radius 1 is 1.09 bits per heavy atom. The van der Waals surface area contributed by atoms with E-state index in [1.54, 1.807) is 6.08 Å². The van der Waals surface area contributed by atoms with Crippen LogP contribution >= 0.6 is 0 Å². The molecule has 0 aromatic heterocycles. The molecule has 198 valence electrons. The molecule has 0 amide bonds. The predicted octanol–water partition coefficient (Wildman–Crippen LogP) is 5.98.